The van der Waals surface area contributed by atoms with E-state index in [0.717, 1.165) is 15.4 Å². The van der Waals surface area contributed by atoms with Gasteiger partial charge in [0.05, 0.1) is 5.69 Å². The zero-order valence-electron chi connectivity index (χ0n) is 15.5. The number of thiocarbonyl (C=S) groups is 1. The Morgan fingerprint density at radius 2 is 1.47 bits per heavy atom. The molecule has 4 nitrogen and oxygen atoms in total. The number of anilines is 1. The highest BCUT2D eigenvalue weighted by Crippen LogP contribution is 2.29. The van der Waals surface area contributed by atoms with Gasteiger partial charge in [-0.2, -0.15) is 0 Å². The lowest BCUT2D eigenvalue weighted by molar-refractivity contribution is -0.122. The molecule has 3 aromatic carbocycles. The molecule has 0 atom stereocenters. The van der Waals surface area contributed by atoms with Crippen molar-refractivity contribution in [1.82, 2.24) is 5.32 Å². The van der Waals surface area contributed by atoms with E-state index in [9.17, 15) is 9.59 Å². The molecule has 1 fully saturated rings. The summed E-state index contributed by atoms with van der Waals surface area (Å²) in [5.41, 5.74) is 1.38. The maximum Gasteiger partial charge on any atom is 0.270 e. The highest BCUT2D eigenvalue weighted by Gasteiger charge is 2.34. The lowest BCUT2D eigenvalue weighted by Crippen LogP contribution is -2.54. The first kappa shape index (κ1) is 20.3. The van der Waals surface area contributed by atoms with Crippen LogP contribution in [0.5, 0.6) is 0 Å². The monoisotopic (exact) mass is 450 g/mol. The van der Waals surface area contributed by atoms with Gasteiger partial charge in [0.25, 0.3) is 11.8 Å². The van der Waals surface area contributed by atoms with Crippen molar-refractivity contribution >= 4 is 64.3 Å². The van der Waals surface area contributed by atoms with Gasteiger partial charge in [0.2, 0.25) is 0 Å². The van der Waals surface area contributed by atoms with Crippen LogP contribution < -0.4 is 10.2 Å². The molecule has 3 aromatic rings. The predicted octanol–water partition coefficient (Wildman–Crippen LogP) is 5.32. The molecule has 2 amide bonds. The van der Waals surface area contributed by atoms with Crippen molar-refractivity contribution in [2.75, 3.05) is 4.90 Å². The second-order valence-electron chi connectivity index (χ2n) is 6.42. The number of rotatable bonds is 4. The van der Waals surface area contributed by atoms with Gasteiger partial charge in [-0.05, 0) is 72.4 Å². The molecule has 7 heteroatoms. The zero-order chi connectivity index (χ0) is 21.1. The van der Waals surface area contributed by atoms with Gasteiger partial charge in [0, 0.05) is 14.8 Å². The summed E-state index contributed by atoms with van der Waals surface area (Å²) in [5, 5.41) is 3.36. The number of carbonyl (C=O) groups is 2. The molecule has 1 saturated heterocycles. The Hall–Kier alpha value is -2.93. The summed E-state index contributed by atoms with van der Waals surface area (Å²) in [5.74, 6) is -0.952. The van der Waals surface area contributed by atoms with Crippen molar-refractivity contribution in [3.05, 3.63) is 95.0 Å². The van der Waals surface area contributed by atoms with Crippen LogP contribution >= 0.6 is 35.6 Å². The number of hydrogen-bond acceptors (Lipinski definition) is 4. The van der Waals surface area contributed by atoms with E-state index in [0.29, 0.717) is 10.7 Å². The Morgan fingerprint density at radius 1 is 0.867 bits per heavy atom. The summed E-state index contributed by atoms with van der Waals surface area (Å²) in [7, 11) is 0. The van der Waals surface area contributed by atoms with E-state index in [1.807, 2.05) is 66.7 Å². The fourth-order valence-corrected chi connectivity index (χ4v) is 4.13. The van der Waals surface area contributed by atoms with E-state index in [1.54, 1.807) is 30.0 Å². The van der Waals surface area contributed by atoms with Crippen molar-refractivity contribution in [1.29, 1.82) is 0 Å². The number of benzene rings is 3. The van der Waals surface area contributed by atoms with Gasteiger partial charge in [0.1, 0.15) is 5.57 Å². The van der Waals surface area contributed by atoms with Crippen molar-refractivity contribution in [3.8, 4) is 0 Å². The minimum absolute atomic E-state index is 0.0329. The number of halogens is 1. The van der Waals surface area contributed by atoms with Gasteiger partial charge in [-0.15, -0.1) is 0 Å². The number of nitrogens with one attached hydrogen (secondary N) is 1. The Morgan fingerprint density at radius 3 is 2.10 bits per heavy atom. The third-order valence-electron chi connectivity index (χ3n) is 4.36. The SMILES string of the molecule is O=C1NC(=S)N(c2ccccc2)C(=O)/C1=C/c1ccc(Sc2ccc(Cl)cc2)cc1. The highest BCUT2D eigenvalue weighted by atomic mass is 35.5. The van der Waals surface area contributed by atoms with E-state index < -0.39 is 11.8 Å². The molecule has 0 spiro atoms. The summed E-state index contributed by atoms with van der Waals surface area (Å²) in [6.07, 6.45) is 1.58. The first-order valence-corrected chi connectivity index (χ1v) is 10.6. The summed E-state index contributed by atoms with van der Waals surface area (Å²) in [6, 6.07) is 24.2. The smallest absolute Gasteiger partial charge is 0.270 e. The second-order valence-corrected chi connectivity index (χ2v) is 8.39. The van der Waals surface area contributed by atoms with E-state index in [4.69, 9.17) is 23.8 Å². The van der Waals surface area contributed by atoms with E-state index >= 15 is 0 Å². The normalized spacial score (nSPS) is 15.4. The van der Waals surface area contributed by atoms with Gasteiger partial charge in [-0.25, -0.2) is 0 Å². The molecule has 0 saturated carbocycles. The summed E-state index contributed by atoms with van der Waals surface area (Å²) in [6.45, 7) is 0. The van der Waals surface area contributed by atoms with Gasteiger partial charge in [-0.1, -0.05) is 53.7 Å². The maximum absolute atomic E-state index is 13.0. The molecular formula is C23H15ClN2O2S2. The number of carbonyl (C=O) groups excluding carboxylic acids is 2. The van der Waals surface area contributed by atoms with Gasteiger partial charge < -0.3 is 0 Å². The van der Waals surface area contributed by atoms with Crippen LogP contribution in [0.3, 0.4) is 0 Å². The summed E-state index contributed by atoms with van der Waals surface area (Å²) >= 11 is 12.7. The van der Waals surface area contributed by atoms with Gasteiger partial charge >= 0.3 is 0 Å². The largest absolute Gasteiger partial charge is 0.298 e. The Balaban J connectivity index is 1.57. The Labute approximate surface area is 188 Å². The average molecular weight is 451 g/mol. The van der Waals surface area contributed by atoms with Crippen LogP contribution in [0.1, 0.15) is 5.56 Å². The fraction of sp³-hybridized carbons (Fsp3) is 0. The van der Waals surface area contributed by atoms with Crippen LogP contribution in [0.25, 0.3) is 6.08 Å². The maximum atomic E-state index is 13.0. The third kappa shape index (κ3) is 4.46. The van der Waals surface area contributed by atoms with E-state index in [-0.39, 0.29) is 10.7 Å². The number of para-hydroxylation sites is 1. The molecule has 1 aliphatic heterocycles. The van der Waals surface area contributed by atoms with Gasteiger partial charge in [0.15, 0.2) is 5.11 Å². The first-order chi connectivity index (χ1) is 14.5. The molecule has 1 N–H and O–H groups in total. The van der Waals surface area contributed by atoms with E-state index in [2.05, 4.69) is 5.32 Å². The number of nitrogens with zero attached hydrogens (tertiary/aromatic N) is 1. The molecule has 0 unspecified atom stereocenters. The molecule has 0 aliphatic carbocycles. The fourth-order valence-electron chi connectivity index (χ4n) is 2.91. The van der Waals surface area contributed by atoms with Crippen molar-refractivity contribution < 1.29 is 9.59 Å². The molecule has 148 valence electrons. The quantitative estimate of drug-likeness (QED) is 0.332. The van der Waals surface area contributed by atoms with E-state index in [1.165, 1.54) is 4.90 Å². The number of amides is 2. The zero-order valence-corrected chi connectivity index (χ0v) is 17.9. The van der Waals surface area contributed by atoms with Crippen molar-refractivity contribution in [3.63, 3.8) is 0 Å². The van der Waals surface area contributed by atoms with Crippen molar-refractivity contribution in [2.45, 2.75) is 9.79 Å². The molecule has 4 rings (SSSR count). The second kappa shape index (κ2) is 8.83. The van der Waals surface area contributed by atoms with Crippen LogP contribution in [0.2, 0.25) is 5.02 Å². The lowest BCUT2D eigenvalue weighted by Gasteiger charge is -2.28. The van der Waals surface area contributed by atoms with Crippen LogP contribution in [0.15, 0.2) is 94.2 Å². The predicted molar refractivity (Wildman–Crippen MR) is 125 cm³/mol. The topological polar surface area (TPSA) is 49.4 Å². The highest BCUT2D eigenvalue weighted by molar-refractivity contribution is 7.99. The molecule has 0 radical (unpaired) electrons. The number of hydrogen-bond donors (Lipinski definition) is 1. The molecule has 1 aliphatic rings. The Kier molecular flexibility index (Phi) is 5.99. The minimum Gasteiger partial charge on any atom is -0.298 e. The van der Waals surface area contributed by atoms with Crippen molar-refractivity contribution in [2.24, 2.45) is 0 Å². The van der Waals surface area contributed by atoms with Crippen LogP contribution in [0.4, 0.5) is 5.69 Å². The standard InChI is InChI=1S/C23H15ClN2O2S2/c24-16-8-12-19(13-9-16)30-18-10-6-15(7-11-18)14-20-21(27)25-23(29)26(22(20)28)17-4-2-1-3-5-17/h1-14H,(H,25,27,29)/b20-14+. The summed E-state index contributed by atoms with van der Waals surface area (Å²) < 4.78 is 0. The molecular weight excluding hydrogens is 436 g/mol. The molecule has 0 aromatic heterocycles. The van der Waals surface area contributed by atoms with Crippen LogP contribution in [-0.2, 0) is 9.59 Å². The Bertz CT molecular complexity index is 1140. The van der Waals surface area contributed by atoms with Crippen LogP contribution in [-0.4, -0.2) is 16.9 Å². The first-order valence-electron chi connectivity index (χ1n) is 9.01. The molecule has 1 heterocycles. The lowest BCUT2D eigenvalue weighted by atomic mass is 10.1. The van der Waals surface area contributed by atoms with Gasteiger partial charge in [-0.3, -0.25) is 19.8 Å². The average Bonchev–Trinajstić information content (AvgIpc) is 2.74. The third-order valence-corrected chi connectivity index (χ3v) is 5.91. The molecule has 30 heavy (non-hydrogen) atoms. The molecule has 0 bridgehead atoms. The summed E-state index contributed by atoms with van der Waals surface area (Å²) in [4.78, 5) is 28.8. The van der Waals surface area contributed by atoms with Crippen LogP contribution in [0, 0.1) is 0 Å². The minimum atomic E-state index is -0.503.